The van der Waals surface area contributed by atoms with Gasteiger partial charge < -0.3 is 20.3 Å². The molecule has 0 radical (unpaired) electrons. The first-order valence-corrected chi connectivity index (χ1v) is 12.6. The molecule has 5 rings (SSSR count). The number of amides is 1. The van der Waals surface area contributed by atoms with Crippen molar-refractivity contribution in [3.8, 4) is 5.75 Å². The number of carbonyl (C=O) groups excluding carboxylic acids is 1. The molecule has 5 heterocycles. The standard InChI is InChI=1S/C23H26ClN7O2S/c1-33-16-10-17-21(18(24)13-27-22(17)26-12-16)31-8-6-30(7-9-31)5-4-25-11-15-2-3-19-23(28-15)29-20(32)14-34-19/h2-3,10,12-13,25H,4-9,11,14H2,1H3,(H,28,29,32). The predicted molar refractivity (Wildman–Crippen MR) is 135 cm³/mol. The highest BCUT2D eigenvalue weighted by Crippen LogP contribution is 2.34. The van der Waals surface area contributed by atoms with E-state index in [1.165, 1.54) is 11.8 Å². The Morgan fingerprint density at radius 1 is 1.21 bits per heavy atom. The third-order valence-corrected chi connectivity index (χ3v) is 7.31. The Hall–Kier alpha value is -2.66. The highest BCUT2D eigenvalue weighted by atomic mass is 35.5. The number of halogens is 1. The number of pyridine rings is 3. The van der Waals surface area contributed by atoms with Gasteiger partial charge in [-0.3, -0.25) is 9.69 Å². The summed E-state index contributed by atoms with van der Waals surface area (Å²) in [6.07, 6.45) is 3.35. The molecule has 178 valence electrons. The van der Waals surface area contributed by atoms with Crippen molar-refractivity contribution in [1.29, 1.82) is 0 Å². The first-order valence-electron chi connectivity index (χ1n) is 11.2. The minimum Gasteiger partial charge on any atom is -0.495 e. The van der Waals surface area contributed by atoms with E-state index in [4.69, 9.17) is 16.3 Å². The van der Waals surface area contributed by atoms with Crippen LogP contribution < -0.4 is 20.3 Å². The lowest BCUT2D eigenvalue weighted by Gasteiger charge is -2.36. The Kier molecular flexibility index (Phi) is 7.00. The van der Waals surface area contributed by atoms with Crippen LogP contribution in [-0.2, 0) is 11.3 Å². The number of hydrogen-bond acceptors (Lipinski definition) is 9. The van der Waals surface area contributed by atoms with Gasteiger partial charge >= 0.3 is 0 Å². The Bertz CT molecular complexity index is 1200. The van der Waals surface area contributed by atoms with Gasteiger partial charge in [-0.25, -0.2) is 15.0 Å². The SMILES string of the molecule is COc1cnc2ncc(Cl)c(N3CCN(CCNCc4ccc5c(n4)NC(=O)CS5)CC3)c2c1. The number of aromatic nitrogens is 3. The zero-order valence-electron chi connectivity index (χ0n) is 18.9. The van der Waals surface area contributed by atoms with Gasteiger partial charge in [0.05, 0.1) is 46.6 Å². The summed E-state index contributed by atoms with van der Waals surface area (Å²) in [4.78, 5) is 30.7. The van der Waals surface area contributed by atoms with Crippen LogP contribution in [0.3, 0.4) is 0 Å². The maximum absolute atomic E-state index is 11.6. The largest absolute Gasteiger partial charge is 0.495 e. The molecule has 2 N–H and O–H groups in total. The van der Waals surface area contributed by atoms with Crippen LogP contribution in [0.15, 0.2) is 35.5 Å². The van der Waals surface area contributed by atoms with Gasteiger partial charge in [-0.15, -0.1) is 11.8 Å². The first kappa shape index (κ1) is 23.1. The number of rotatable bonds is 7. The lowest BCUT2D eigenvalue weighted by molar-refractivity contribution is -0.113. The molecule has 2 aliphatic heterocycles. The highest BCUT2D eigenvalue weighted by Gasteiger charge is 2.22. The van der Waals surface area contributed by atoms with Gasteiger partial charge in [-0.1, -0.05) is 11.6 Å². The van der Waals surface area contributed by atoms with Crippen LogP contribution in [-0.4, -0.2) is 77.9 Å². The minimum absolute atomic E-state index is 0.00528. The Morgan fingerprint density at radius 2 is 2.03 bits per heavy atom. The lowest BCUT2D eigenvalue weighted by Crippen LogP contribution is -2.48. The number of carbonyl (C=O) groups is 1. The third-order valence-electron chi connectivity index (χ3n) is 5.99. The first-order chi connectivity index (χ1) is 16.6. The van der Waals surface area contributed by atoms with E-state index in [1.54, 1.807) is 19.5 Å². The quantitative estimate of drug-likeness (QED) is 0.475. The second-order valence-electron chi connectivity index (χ2n) is 8.19. The molecule has 9 nitrogen and oxygen atoms in total. The van der Waals surface area contributed by atoms with E-state index in [0.29, 0.717) is 34.5 Å². The van der Waals surface area contributed by atoms with E-state index in [9.17, 15) is 4.79 Å². The molecule has 0 atom stereocenters. The maximum Gasteiger partial charge on any atom is 0.235 e. The average molecular weight is 500 g/mol. The fraction of sp³-hybridized carbons (Fsp3) is 0.391. The van der Waals surface area contributed by atoms with Crippen molar-refractivity contribution < 1.29 is 9.53 Å². The van der Waals surface area contributed by atoms with Crippen molar-refractivity contribution in [2.75, 3.05) is 62.3 Å². The number of anilines is 2. The van der Waals surface area contributed by atoms with Crippen LogP contribution in [0.1, 0.15) is 5.69 Å². The summed E-state index contributed by atoms with van der Waals surface area (Å²) in [6, 6.07) is 6.00. The lowest BCUT2D eigenvalue weighted by atomic mass is 10.2. The second kappa shape index (κ2) is 10.3. The molecule has 34 heavy (non-hydrogen) atoms. The number of fused-ring (bicyclic) bond motifs is 2. The molecular weight excluding hydrogens is 474 g/mol. The zero-order valence-corrected chi connectivity index (χ0v) is 20.5. The average Bonchev–Trinajstić information content (AvgIpc) is 2.86. The maximum atomic E-state index is 11.6. The van der Waals surface area contributed by atoms with E-state index < -0.39 is 0 Å². The Balaban J connectivity index is 1.13. The van der Waals surface area contributed by atoms with Gasteiger partial charge in [0.25, 0.3) is 0 Å². The van der Waals surface area contributed by atoms with Crippen LogP contribution in [0.2, 0.25) is 5.02 Å². The fourth-order valence-corrected chi connectivity index (χ4v) is 5.23. The number of hydrogen-bond donors (Lipinski definition) is 2. The van der Waals surface area contributed by atoms with Crippen molar-refractivity contribution in [1.82, 2.24) is 25.2 Å². The summed E-state index contributed by atoms with van der Waals surface area (Å²) in [5.41, 5.74) is 2.56. The molecule has 3 aromatic heterocycles. The topological polar surface area (TPSA) is 95.5 Å². The van der Waals surface area contributed by atoms with Crippen LogP contribution in [0.4, 0.5) is 11.5 Å². The van der Waals surface area contributed by atoms with Crippen LogP contribution in [0, 0.1) is 0 Å². The van der Waals surface area contributed by atoms with Gasteiger partial charge in [0.2, 0.25) is 5.91 Å². The van der Waals surface area contributed by atoms with Gasteiger partial charge in [0.15, 0.2) is 5.65 Å². The molecular formula is C23H26ClN7O2S. The summed E-state index contributed by atoms with van der Waals surface area (Å²) < 4.78 is 5.35. The number of piperazine rings is 1. The van der Waals surface area contributed by atoms with Gasteiger partial charge in [0, 0.05) is 51.2 Å². The summed E-state index contributed by atoms with van der Waals surface area (Å²) in [5, 5.41) is 7.85. The van der Waals surface area contributed by atoms with Crippen molar-refractivity contribution in [2.45, 2.75) is 11.4 Å². The minimum atomic E-state index is 0.00528. The van der Waals surface area contributed by atoms with Crippen molar-refractivity contribution in [3.05, 3.63) is 41.3 Å². The normalized spacial score (nSPS) is 16.4. The Labute approximate surface area is 207 Å². The number of thioether (sulfide) groups is 1. The number of ether oxygens (including phenoxy) is 1. The molecule has 0 spiro atoms. The molecule has 3 aromatic rings. The van der Waals surface area contributed by atoms with Gasteiger partial charge in [-0.2, -0.15) is 0 Å². The Morgan fingerprint density at radius 3 is 2.85 bits per heavy atom. The number of nitrogens with zero attached hydrogens (tertiary/aromatic N) is 5. The highest BCUT2D eigenvalue weighted by molar-refractivity contribution is 8.00. The molecule has 0 bridgehead atoms. The molecule has 1 saturated heterocycles. The summed E-state index contributed by atoms with van der Waals surface area (Å²) in [6.45, 7) is 6.12. The van der Waals surface area contributed by atoms with E-state index in [-0.39, 0.29) is 5.91 Å². The van der Waals surface area contributed by atoms with E-state index in [0.717, 1.165) is 60.9 Å². The van der Waals surface area contributed by atoms with E-state index in [1.807, 2.05) is 18.2 Å². The molecule has 1 amide bonds. The molecule has 0 aromatic carbocycles. The van der Waals surface area contributed by atoms with Gasteiger partial charge in [0.1, 0.15) is 11.6 Å². The molecule has 0 unspecified atom stereocenters. The van der Waals surface area contributed by atoms with Crippen molar-refractivity contribution >= 4 is 51.8 Å². The summed E-state index contributed by atoms with van der Waals surface area (Å²) >= 11 is 8.08. The molecule has 0 saturated carbocycles. The smallest absolute Gasteiger partial charge is 0.235 e. The van der Waals surface area contributed by atoms with Crippen molar-refractivity contribution in [3.63, 3.8) is 0 Å². The number of methoxy groups -OCH3 is 1. The zero-order chi connectivity index (χ0) is 23.5. The molecule has 11 heteroatoms. The number of nitrogens with one attached hydrogen (secondary N) is 2. The van der Waals surface area contributed by atoms with E-state index >= 15 is 0 Å². The van der Waals surface area contributed by atoms with Crippen LogP contribution in [0.5, 0.6) is 5.75 Å². The monoisotopic (exact) mass is 499 g/mol. The molecule has 0 aliphatic carbocycles. The van der Waals surface area contributed by atoms with Crippen molar-refractivity contribution in [2.24, 2.45) is 0 Å². The fourth-order valence-electron chi connectivity index (χ4n) is 4.21. The summed E-state index contributed by atoms with van der Waals surface area (Å²) in [7, 11) is 1.63. The third kappa shape index (κ3) is 5.05. The van der Waals surface area contributed by atoms with Crippen LogP contribution in [0.25, 0.3) is 11.0 Å². The summed E-state index contributed by atoms with van der Waals surface area (Å²) in [5.74, 6) is 1.82. The van der Waals surface area contributed by atoms with Crippen LogP contribution >= 0.6 is 23.4 Å². The predicted octanol–water partition coefficient (Wildman–Crippen LogP) is 2.64. The molecule has 1 fully saturated rings. The second-order valence-corrected chi connectivity index (χ2v) is 9.62. The van der Waals surface area contributed by atoms with E-state index in [2.05, 4.69) is 35.4 Å². The molecule has 2 aliphatic rings. The van der Waals surface area contributed by atoms with Gasteiger partial charge in [-0.05, 0) is 18.2 Å².